The van der Waals surface area contributed by atoms with E-state index in [-0.39, 0.29) is 30.8 Å². The number of nitrogens with zero attached hydrogens (tertiary/aromatic N) is 1. The van der Waals surface area contributed by atoms with E-state index >= 15 is 0 Å². The third kappa shape index (κ3) is 8.50. The first-order valence-corrected chi connectivity index (χ1v) is 10.7. The average Bonchev–Trinajstić information content (AvgIpc) is 2.78. The van der Waals surface area contributed by atoms with Gasteiger partial charge >= 0.3 is 0 Å². The summed E-state index contributed by atoms with van der Waals surface area (Å²) >= 11 is 0. The van der Waals surface area contributed by atoms with Gasteiger partial charge in [0.15, 0.2) is 0 Å². The van der Waals surface area contributed by atoms with Crippen LogP contribution in [0.1, 0.15) is 43.5 Å². The Hall–Kier alpha value is -3.35. The Balaban J connectivity index is 1.86. The van der Waals surface area contributed by atoms with Crippen LogP contribution >= 0.6 is 0 Å². The van der Waals surface area contributed by atoms with E-state index in [0.29, 0.717) is 36.6 Å². The van der Waals surface area contributed by atoms with Crippen molar-refractivity contribution in [2.24, 2.45) is 0 Å². The molecule has 3 amide bonds. The summed E-state index contributed by atoms with van der Waals surface area (Å²) in [6, 6.07) is 15.9. The SMILES string of the molecule is CCCCOc1ccc(C(=O)N(CCC)CC(=O)NCC(=O)Nc2ccccc2)cc1. The largest absolute Gasteiger partial charge is 0.494 e. The quantitative estimate of drug-likeness (QED) is 0.510. The molecule has 31 heavy (non-hydrogen) atoms. The normalized spacial score (nSPS) is 10.3. The zero-order chi connectivity index (χ0) is 22.5. The molecule has 2 aromatic rings. The molecule has 0 unspecified atom stereocenters. The Bertz CT molecular complexity index is 838. The number of amides is 3. The van der Waals surface area contributed by atoms with Crippen LogP contribution in [-0.2, 0) is 9.59 Å². The minimum atomic E-state index is -0.385. The van der Waals surface area contributed by atoms with Gasteiger partial charge in [-0.25, -0.2) is 0 Å². The number of rotatable bonds is 12. The lowest BCUT2D eigenvalue weighted by atomic mass is 10.2. The van der Waals surface area contributed by atoms with Crippen LogP contribution in [0.5, 0.6) is 5.75 Å². The molecule has 0 fully saturated rings. The van der Waals surface area contributed by atoms with Crippen molar-refractivity contribution >= 4 is 23.4 Å². The molecule has 7 nitrogen and oxygen atoms in total. The topological polar surface area (TPSA) is 87.7 Å². The fourth-order valence-electron chi connectivity index (χ4n) is 2.87. The molecule has 0 saturated carbocycles. The molecule has 0 aliphatic carbocycles. The molecule has 2 N–H and O–H groups in total. The molecule has 0 aliphatic heterocycles. The molecule has 0 spiro atoms. The second-order valence-electron chi connectivity index (χ2n) is 7.14. The number of hydrogen-bond donors (Lipinski definition) is 2. The summed E-state index contributed by atoms with van der Waals surface area (Å²) in [6.45, 7) is 4.85. The maximum atomic E-state index is 12.8. The Morgan fingerprint density at radius 1 is 0.903 bits per heavy atom. The lowest BCUT2D eigenvalue weighted by Gasteiger charge is -2.22. The lowest BCUT2D eigenvalue weighted by molar-refractivity contribution is -0.124. The summed E-state index contributed by atoms with van der Waals surface area (Å²) in [4.78, 5) is 38.6. The van der Waals surface area contributed by atoms with E-state index < -0.39 is 0 Å². The Morgan fingerprint density at radius 2 is 1.61 bits per heavy atom. The fraction of sp³-hybridized carbons (Fsp3) is 0.375. The zero-order valence-corrected chi connectivity index (χ0v) is 18.2. The van der Waals surface area contributed by atoms with E-state index in [0.717, 1.165) is 12.8 Å². The zero-order valence-electron chi connectivity index (χ0n) is 18.2. The van der Waals surface area contributed by atoms with Crippen LogP contribution in [0.25, 0.3) is 0 Å². The van der Waals surface area contributed by atoms with Crippen LogP contribution in [0.15, 0.2) is 54.6 Å². The summed E-state index contributed by atoms with van der Waals surface area (Å²) < 4.78 is 5.62. The molecule has 0 aliphatic rings. The molecular formula is C24H31N3O4. The van der Waals surface area contributed by atoms with Crippen LogP contribution in [0.3, 0.4) is 0 Å². The van der Waals surface area contributed by atoms with Gasteiger partial charge in [-0.15, -0.1) is 0 Å². The number of para-hydroxylation sites is 1. The summed E-state index contributed by atoms with van der Waals surface area (Å²) in [5, 5.41) is 5.27. The molecule has 2 aromatic carbocycles. The maximum Gasteiger partial charge on any atom is 0.254 e. The van der Waals surface area contributed by atoms with Crippen molar-refractivity contribution in [3.05, 3.63) is 60.2 Å². The van der Waals surface area contributed by atoms with Crippen molar-refractivity contribution < 1.29 is 19.1 Å². The smallest absolute Gasteiger partial charge is 0.254 e. The Kier molecular flexibility index (Phi) is 10.1. The molecule has 0 radical (unpaired) electrons. The van der Waals surface area contributed by atoms with Gasteiger partial charge in [0, 0.05) is 17.8 Å². The first-order chi connectivity index (χ1) is 15.0. The Morgan fingerprint density at radius 3 is 2.26 bits per heavy atom. The summed E-state index contributed by atoms with van der Waals surface area (Å²) in [5.74, 6) is -0.226. The molecule has 0 heterocycles. The first kappa shape index (κ1) is 23.9. The van der Waals surface area contributed by atoms with Gasteiger partial charge in [-0.3, -0.25) is 14.4 Å². The molecule has 166 valence electrons. The molecule has 0 aromatic heterocycles. The standard InChI is InChI=1S/C24H31N3O4/c1-3-5-16-31-21-13-11-19(12-14-21)24(30)27(15-4-2)18-23(29)25-17-22(28)26-20-9-7-6-8-10-20/h6-14H,3-5,15-18H2,1-2H3,(H,25,29)(H,26,28). The van der Waals surface area contributed by atoms with Crippen molar-refractivity contribution in [1.29, 1.82) is 0 Å². The summed E-state index contributed by atoms with van der Waals surface area (Å²) in [6.07, 6.45) is 2.74. The molecule has 0 atom stereocenters. The van der Waals surface area contributed by atoms with Gasteiger partial charge in [-0.05, 0) is 49.2 Å². The molecule has 0 saturated heterocycles. The number of anilines is 1. The van der Waals surface area contributed by atoms with E-state index in [4.69, 9.17) is 4.74 Å². The summed E-state index contributed by atoms with van der Waals surface area (Å²) in [7, 11) is 0. The van der Waals surface area contributed by atoms with Crippen LogP contribution in [0, 0.1) is 0 Å². The number of ether oxygens (including phenoxy) is 1. The maximum absolute atomic E-state index is 12.8. The molecule has 0 bridgehead atoms. The van der Waals surface area contributed by atoms with Crippen LogP contribution in [0.2, 0.25) is 0 Å². The highest BCUT2D eigenvalue weighted by molar-refractivity contribution is 5.98. The van der Waals surface area contributed by atoms with E-state index in [2.05, 4.69) is 17.6 Å². The first-order valence-electron chi connectivity index (χ1n) is 10.7. The fourth-order valence-corrected chi connectivity index (χ4v) is 2.87. The van der Waals surface area contributed by atoms with Crippen LogP contribution < -0.4 is 15.4 Å². The van der Waals surface area contributed by atoms with E-state index in [9.17, 15) is 14.4 Å². The van der Waals surface area contributed by atoms with Crippen molar-refractivity contribution in [2.45, 2.75) is 33.1 Å². The number of benzene rings is 2. The second kappa shape index (κ2) is 13.1. The highest BCUT2D eigenvalue weighted by Crippen LogP contribution is 2.14. The van der Waals surface area contributed by atoms with Gasteiger partial charge in [0.25, 0.3) is 5.91 Å². The van der Waals surface area contributed by atoms with Crippen molar-refractivity contribution in [3.8, 4) is 5.75 Å². The second-order valence-corrected chi connectivity index (χ2v) is 7.14. The number of nitrogens with one attached hydrogen (secondary N) is 2. The van der Waals surface area contributed by atoms with Gasteiger partial charge in [-0.2, -0.15) is 0 Å². The third-order valence-electron chi connectivity index (χ3n) is 4.49. The van der Waals surface area contributed by atoms with Gasteiger partial charge in [0.1, 0.15) is 5.75 Å². The van der Waals surface area contributed by atoms with Gasteiger partial charge in [-0.1, -0.05) is 38.5 Å². The van der Waals surface area contributed by atoms with E-state index in [1.807, 2.05) is 25.1 Å². The van der Waals surface area contributed by atoms with Crippen molar-refractivity contribution in [1.82, 2.24) is 10.2 Å². The van der Waals surface area contributed by atoms with Crippen LogP contribution in [0.4, 0.5) is 5.69 Å². The predicted octanol–water partition coefficient (Wildman–Crippen LogP) is 3.47. The van der Waals surface area contributed by atoms with Crippen LogP contribution in [-0.4, -0.2) is 48.9 Å². The average molecular weight is 426 g/mol. The lowest BCUT2D eigenvalue weighted by Crippen LogP contribution is -2.43. The number of carbonyl (C=O) groups excluding carboxylic acids is 3. The summed E-state index contributed by atoms with van der Waals surface area (Å²) in [5.41, 5.74) is 1.15. The van der Waals surface area contributed by atoms with Gasteiger partial charge < -0.3 is 20.3 Å². The minimum Gasteiger partial charge on any atom is -0.494 e. The number of carbonyl (C=O) groups is 3. The Labute approximate surface area is 183 Å². The molecule has 2 rings (SSSR count). The van der Waals surface area contributed by atoms with E-state index in [1.165, 1.54) is 4.90 Å². The highest BCUT2D eigenvalue weighted by atomic mass is 16.5. The van der Waals surface area contributed by atoms with Crippen molar-refractivity contribution in [2.75, 3.05) is 31.6 Å². The minimum absolute atomic E-state index is 0.111. The predicted molar refractivity (Wildman–Crippen MR) is 121 cm³/mol. The third-order valence-corrected chi connectivity index (χ3v) is 4.49. The monoisotopic (exact) mass is 425 g/mol. The van der Waals surface area contributed by atoms with Gasteiger partial charge in [0.2, 0.25) is 11.8 Å². The van der Waals surface area contributed by atoms with Gasteiger partial charge in [0.05, 0.1) is 19.7 Å². The highest BCUT2D eigenvalue weighted by Gasteiger charge is 2.18. The number of unbranched alkanes of at least 4 members (excludes halogenated alkanes) is 1. The molecular weight excluding hydrogens is 394 g/mol. The van der Waals surface area contributed by atoms with Crippen molar-refractivity contribution in [3.63, 3.8) is 0 Å². The van der Waals surface area contributed by atoms with E-state index in [1.54, 1.807) is 36.4 Å². The molecule has 7 heteroatoms. The number of hydrogen-bond acceptors (Lipinski definition) is 4.